The van der Waals surface area contributed by atoms with E-state index in [1.54, 1.807) is 18.3 Å². The number of amides is 2. The molecule has 0 bridgehead atoms. The van der Waals surface area contributed by atoms with Crippen molar-refractivity contribution in [2.75, 3.05) is 62.2 Å². The highest BCUT2D eigenvalue weighted by atomic mass is 19.4. The maximum Gasteiger partial charge on any atom is 0.573 e. The summed E-state index contributed by atoms with van der Waals surface area (Å²) in [7, 11) is 7.42. The van der Waals surface area contributed by atoms with Gasteiger partial charge >= 0.3 is 6.36 Å². The van der Waals surface area contributed by atoms with Crippen molar-refractivity contribution >= 4 is 51.5 Å². The molecule has 49 heavy (non-hydrogen) atoms. The number of ether oxygens (including phenoxy) is 2. The number of nitrogens with zero attached hydrogens (tertiary/aromatic N) is 5. The van der Waals surface area contributed by atoms with Gasteiger partial charge in [0.1, 0.15) is 22.8 Å². The Bertz CT molecular complexity index is 1840. The number of alkyl halides is 3. The van der Waals surface area contributed by atoms with Crippen molar-refractivity contribution in [3.8, 4) is 11.5 Å². The smallest absolute Gasteiger partial charge is 0.494 e. The highest BCUT2D eigenvalue weighted by Crippen LogP contribution is 2.39. The molecular weight excluding hydrogens is 641 g/mol. The molecule has 1 aliphatic rings. The fraction of sp³-hybridized carbons (Fsp3) is 0.353. The lowest BCUT2D eigenvalue weighted by Crippen LogP contribution is -2.29. The Labute approximate surface area is 281 Å². The van der Waals surface area contributed by atoms with Crippen LogP contribution >= 0.6 is 0 Å². The van der Waals surface area contributed by atoms with Crippen molar-refractivity contribution in [3.05, 3.63) is 67.0 Å². The number of halogens is 3. The average Bonchev–Trinajstić information content (AvgIpc) is 3.71. The van der Waals surface area contributed by atoms with Crippen LogP contribution < -0.4 is 30.3 Å². The molecule has 3 N–H and O–H groups in total. The van der Waals surface area contributed by atoms with Crippen molar-refractivity contribution in [2.24, 2.45) is 0 Å². The summed E-state index contributed by atoms with van der Waals surface area (Å²) in [5, 5.41) is 9.40. The first-order valence-electron chi connectivity index (χ1n) is 15.7. The lowest BCUT2D eigenvalue weighted by atomic mass is 10.2. The molecule has 2 aromatic carbocycles. The fourth-order valence-corrected chi connectivity index (χ4v) is 5.77. The summed E-state index contributed by atoms with van der Waals surface area (Å²) in [6.07, 6.45) is 1.53. The second-order valence-electron chi connectivity index (χ2n) is 12.0. The fourth-order valence-electron chi connectivity index (χ4n) is 5.77. The van der Waals surface area contributed by atoms with Crippen LogP contribution in [0.15, 0.2) is 61.3 Å². The Balaban J connectivity index is 1.49. The molecule has 0 radical (unpaired) electrons. The van der Waals surface area contributed by atoms with E-state index in [0.717, 1.165) is 50.0 Å². The van der Waals surface area contributed by atoms with Gasteiger partial charge in [-0.25, -0.2) is 4.98 Å². The average molecular weight is 681 g/mol. The predicted octanol–water partition coefficient (Wildman–Crippen LogP) is 6.57. The monoisotopic (exact) mass is 680 g/mol. The number of carbonyl (C=O) groups is 2. The van der Waals surface area contributed by atoms with Crippen LogP contribution in [0.4, 0.5) is 41.9 Å². The third-order valence-corrected chi connectivity index (χ3v) is 8.13. The van der Waals surface area contributed by atoms with E-state index >= 15 is 0 Å². The summed E-state index contributed by atoms with van der Waals surface area (Å²) >= 11 is 0. The molecule has 5 rings (SSSR count). The maximum atomic E-state index is 13.6. The Morgan fingerprint density at radius 3 is 2.49 bits per heavy atom. The highest BCUT2D eigenvalue weighted by molar-refractivity contribution is 6.06. The molecule has 1 aliphatic carbocycles. The number of rotatable bonds is 13. The van der Waals surface area contributed by atoms with Crippen molar-refractivity contribution < 1.29 is 32.2 Å². The molecule has 0 aliphatic heterocycles. The van der Waals surface area contributed by atoms with Gasteiger partial charge in [-0.15, -0.1) is 13.2 Å². The summed E-state index contributed by atoms with van der Waals surface area (Å²) in [4.78, 5) is 39.4. The molecule has 12 nitrogen and oxygen atoms in total. The number of methoxy groups -OCH3 is 1. The van der Waals surface area contributed by atoms with Crippen LogP contribution in [-0.2, 0) is 4.79 Å². The van der Waals surface area contributed by atoms with Gasteiger partial charge in [-0.1, -0.05) is 25.5 Å². The SMILES string of the molecule is C=CC(=O)Nc1cc(Nc2ncc3cc(C(=O)Nc4cccc(OC(F)(F)F)c4)n(C4CCCC4)c3n2)c(OC)cc1N(C)CCN(C)C. The van der Waals surface area contributed by atoms with Crippen LogP contribution in [0.1, 0.15) is 42.2 Å². The van der Waals surface area contributed by atoms with E-state index < -0.39 is 18.0 Å². The van der Waals surface area contributed by atoms with Crippen LogP contribution in [0.2, 0.25) is 0 Å². The number of carbonyl (C=O) groups excluding carboxylic acids is 2. The number of benzene rings is 2. The molecule has 1 saturated carbocycles. The molecule has 0 spiro atoms. The second kappa shape index (κ2) is 14.8. The van der Waals surface area contributed by atoms with E-state index in [1.807, 2.05) is 36.7 Å². The van der Waals surface area contributed by atoms with Crippen LogP contribution in [0.5, 0.6) is 11.5 Å². The highest BCUT2D eigenvalue weighted by Gasteiger charge is 2.31. The molecule has 1 fully saturated rings. The van der Waals surface area contributed by atoms with Crippen LogP contribution in [0.3, 0.4) is 0 Å². The Kier molecular flexibility index (Phi) is 10.6. The van der Waals surface area contributed by atoms with Gasteiger partial charge in [0.05, 0.1) is 24.2 Å². The van der Waals surface area contributed by atoms with Crippen LogP contribution in [0.25, 0.3) is 11.0 Å². The first-order valence-corrected chi connectivity index (χ1v) is 15.7. The molecule has 0 saturated heterocycles. The van der Waals surface area contributed by atoms with Gasteiger partial charge in [-0.2, -0.15) is 4.98 Å². The van der Waals surface area contributed by atoms with Crippen LogP contribution in [0, 0.1) is 0 Å². The van der Waals surface area contributed by atoms with Gasteiger partial charge in [-0.3, -0.25) is 9.59 Å². The lowest BCUT2D eigenvalue weighted by Gasteiger charge is -2.26. The number of anilines is 5. The molecular formula is C34H39F3N8O4. The summed E-state index contributed by atoms with van der Waals surface area (Å²) in [6.45, 7) is 5.03. The number of aromatic nitrogens is 3. The van der Waals surface area contributed by atoms with Crippen LogP contribution in [-0.4, -0.2) is 79.0 Å². The van der Waals surface area contributed by atoms with Crippen molar-refractivity contribution in [2.45, 2.75) is 38.1 Å². The minimum Gasteiger partial charge on any atom is -0.494 e. The van der Waals surface area contributed by atoms with E-state index in [2.05, 4.69) is 37.2 Å². The zero-order valence-corrected chi connectivity index (χ0v) is 27.7. The quantitative estimate of drug-likeness (QED) is 0.135. The van der Waals surface area contributed by atoms with Crippen molar-refractivity contribution in [1.29, 1.82) is 0 Å². The normalized spacial score (nSPS) is 13.4. The minimum atomic E-state index is -4.86. The second-order valence-corrected chi connectivity index (χ2v) is 12.0. The number of nitrogens with one attached hydrogen (secondary N) is 3. The summed E-state index contributed by atoms with van der Waals surface area (Å²) in [5.41, 5.74) is 2.70. The van der Waals surface area contributed by atoms with E-state index in [-0.39, 0.29) is 23.6 Å². The molecule has 260 valence electrons. The van der Waals surface area contributed by atoms with E-state index in [0.29, 0.717) is 40.4 Å². The standard InChI is InChI=1S/C34H39F3N8O4/c1-6-30(46)40-25-18-26(29(48-5)19-27(25)44(4)15-14-43(2)3)41-33-38-20-21-16-28(45(31(21)42-33)23-11-7-8-12-23)32(47)39-22-10-9-13-24(17-22)49-34(35,36)37/h6,9-10,13,16-20,23H,1,7-8,11-12,14-15H2,2-5H3,(H,39,47)(H,40,46)(H,38,41,42). The molecule has 2 heterocycles. The van der Waals surface area contributed by atoms with E-state index in [4.69, 9.17) is 9.72 Å². The van der Waals surface area contributed by atoms with Gasteiger partial charge in [0.15, 0.2) is 0 Å². The zero-order chi connectivity index (χ0) is 35.3. The topological polar surface area (TPSA) is 126 Å². The lowest BCUT2D eigenvalue weighted by molar-refractivity contribution is -0.274. The van der Waals surface area contributed by atoms with Gasteiger partial charge in [0.2, 0.25) is 11.9 Å². The first kappa shape index (κ1) is 35.0. The summed E-state index contributed by atoms with van der Waals surface area (Å²) in [6, 6.07) is 10.3. The Morgan fingerprint density at radius 2 is 1.82 bits per heavy atom. The molecule has 15 heteroatoms. The maximum absolute atomic E-state index is 13.6. The molecule has 0 atom stereocenters. The number of fused-ring (bicyclic) bond motifs is 1. The van der Waals surface area contributed by atoms with E-state index in [1.165, 1.54) is 25.3 Å². The Hall–Kier alpha value is -5.31. The van der Waals surface area contributed by atoms with E-state index in [9.17, 15) is 22.8 Å². The molecule has 0 unspecified atom stereocenters. The number of likely N-dealkylation sites (N-methyl/N-ethyl adjacent to an activating group) is 2. The zero-order valence-electron chi connectivity index (χ0n) is 27.7. The number of hydrogen-bond acceptors (Lipinski definition) is 9. The van der Waals surface area contributed by atoms with Gasteiger partial charge < -0.3 is 39.8 Å². The third kappa shape index (κ3) is 8.59. The minimum absolute atomic E-state index is 0.0202. The van der Waals surface area contributed by atoms with Gasteiger partial charge in [-0.05, 0) is 57.3 Å². The van der Waals surface area contributed by atoms with Gasteiger partial charge in [0.25, 0.3) is 5.91 Å². The summed E-state index contributed by atoms with van der Waals surface area (Å²) in [5.74, 6) is -0.631. The Morgan fingerprint density at radius 1 is 1.06 bits per heavy atom. The largest absolute Gasteiger partial charge is 0.573 e. The first-order chi connectivity index (χ1) is 23.3. The third-order valence-electron chi connectivity index (χ3n) is 8.13. The van der Waals surface area contributed by atoms with Gasteiger partial charge in [0, 0.05) is 55.6 Å². The predicted molar refractivity (Wildman–Crippen MR) is 183 cm³/mol. The molecule has 2 amide bonds. The molecule has 2 aromatic heterocycles. The molecule has 4 aromatic rings. The van der Waals surface area contributed by atoms with Crippen molar-refractivity contribution in [3.63, 3.8) is 0 Å². The number of hydrogen-bond donors (Lipinski definition) is 3. The van der Waals surface area contributed by atoms with Crippen molar-refractivity contribution in [1.82, 2.24) is 19.4 Å². The summed E-state index contributed by atoms with van der Waals surface area (Å²) < 4.78 is 50.0.